The molecule has 5 unspecified atom stereocenters. The Bertz CT molecular complexity index is 1410. The second-order valence-electron chi connectivity index (χ2n) is 10.4. The molecule has 5 atom stereocenters. The zero-order chi connectivity index (χ0) is 30.8. The minimum Gasteiger partial charge on any atom is -0.480 e. The summed E-state index contributed by atoms with van der Waals surface area (Å²) in [6.07, 6.45) is 1.87. The first kappa shape index (κ1) is 31.8. The van der Waals surface area contributed by atoms with Crippen LogP contribution in [0.3, 0.4) is 0 Å². The van der Waals surface area contributed by atoms with Crippen molar-refractivity contribution >= 4 is 40.5 Å². The number of hydrogen-bond donors (Lipinski definition) is 7. The van der Waals surface area contributed by atoms with Crippen LogP contribution in [0.15, 0.2) is 60.8 Å². The third-order valence-corrected chi connectivity index (χ3v) is 7.18. The van der Waals surface area contributed by atoms with Crippen LogP contribution >= 0.6 is 0 Å². The molecule has 0 fully saturated rings. The predicted octanol–water partition coefficient (Wildman–Crippen LogP) is 0.741. The van der Waals surface area contributed by atoms with Gasteiger partial charge in [-0.3, -0.25) is 19.2 Å². The van der Waals surface area contributed by atoms with Crippen LogP contribution in [-0.2, 0) is 36.8 Å². The molecular formula is C30H38N6O6. The molecule has 0 aliphatic carbocycles. The third-order valence-electron chi connectivity index (χ3n) is 7.18. The van der Waals surface area contributed by atoms with E-state index in [2.05, 4.69) is 20.9 Å². The molecule has 224 valence electrons. The maximum Gasteiger partial charge on any atom is 0.326 e. The van der Waals surface area contributed by atoms with E-state index in [1.165, 1.54) is 0 Å². The Morgan fingerprint density at radius 2 is 1.48 bits per heavy atom. The van der Waals surface area contributed by atoms with Crippen LogP contribution in [0.1, 0.15) is 37.8 Å². The largest absolute Gasteiger partial charge is 0.480 e. The summed E-state index contributed by atoms with van der Waals surface area (Å²) in [5, 5.41) is 18.0. The Labute approximate surface area is 243 Å². The Balaban J connectivity index is 1.84. The Morgan fingerprint density at radius 1 is 0.857 bits per heavy atom. The van der Waals surface area contributed by atoms with Gasteiger partial charge in [0.25, 0.3) is 0 Å². The van der Waals surface area contributed by atoms with Crippen LogP contribution in [0, 0.1) is 5.92 Å². The zero-order valence-corrected chi connectivity index (χ0v) is 23.6. The molecule has 3 aromatic rings. The van der Waals surface area contributed by atoms with Crippen LogP contribution in [-0.4, -0.2) is 63.9 Å². The molecule has 0 bridgehead atoms. The summed E-state index contributed by atoms with van der Waals surface area (Å²) in [7, 11) is 0. The molecule has 3 rings (SSSR count). The van der Waals surface area contributed by atoms with Gasteiger partial charge < -0.3 is 37.5 Å². The molecule has 12 heteroatoms. The second-order valence-corrected chi connectivity index (χ2v) is 10.4. The van der Waals surface area contributed by atoms with Crippen molar-refractivity contribution in [2.75, 3.05) is 0 Å². The van der Waals surface area contributed by atoms with Crippen LogP contribution in [0.4, 0.5) is 0 Å². The average molecular weight is 579 g/mol. The number of para-hydroxylation sites is 1. The van der Waals surface area contributed by atoms with Crippen molar-refractivity contribution in [1.82, 2.24) is 20.9 Å². The number of rotatable bonds is 15. The molecule has 2 aromatic carbocycles. The van der Waals surface area contributed by atoms with Gasteiger partial charge in [0.05, 0.1) is 12.5 Å². The molecule has 1 heterocycles. The molecule has 1 aromatic heterocycles. The summed E-state index contributed by atoms with van der Waals surface area (Å²) in [4.78, 5) is 66.5. The molecule has 12 nitrogen and oxygen atoms in total. The normalized spacial score (nSPS) is 14.6. The third kappa shape index (κ3) is 8.64. The van der Waals surface area contributed by atoms with Gasteiger partial charge in [-0.1, -0.05) is 68.8 Å². The van der Waals surface area contributed by atoms with Gasteiger partial charge in [-0.25, -0.2) is 4.79 Å². The molecule has 0 saturated carbocycles. The van der Waals surface area contributed by atoms with Crippen LogP contribution in [0.25, 0.3) is 10.9 Å². The molecule has 0 radical (unpaired) electrons. The lowest BCUT2D eigenvalue weighted by atomic mass is 9.98. The highest BCUT2D eigenvalue weighted by Crippen LogP contribution is 2.19. The van der Waals surface area contributed by atoms with Gasteiger partial charge in [0.2, 0.25) is 23.6 Å². The number of fused-ring (bicyclic) bond motifs is 1. The SMILES string of the molecule is CCC(C)C(NC(=O)C(CC(N)=O)NC(=O)C(Cc1c[nH]c2ccccc12)NC(=O)C(N)Cc1ccccc1)C(=O)O. The Morgan fingerprint density at radius 3 is 2.12 bits per heavy atom. The number of carbonyl (C=O) groups is 5. The number of aliphatic carboxylic acids is 1. The topological polar surface area (TPSA) is 209 Å². The van der Waals surface area contributed by atoms with Crippen LogP contribution < -0.4 is 27.4 Å². The summed E-state index contributed by atoms with van der Waals surface area (Å²) in [6, 6.07) is 11.7. The van der Waals surface area contributed by atoms with E-state index < -0.39 is 66.1 Å². The zero-order valence-electron chi connectivity index (χ0n) is 23.6. The summed E-state index contributed by atoms with van der Waals surface area (Å²) in [5.41, 5.74) is 13.9. The number of hydrogen-bond acceptors (Lipinski definition) is 6. The van der Waals surface area contributed by atoms with Crippen molar-refractivity contribution in [3.63, 3.8) is 0 Å². The smallest absolute Gasteiger partial charge is 0.326 e. The Hall–Kier alpha value is -4.71. The van der Waals surface area contributed by atoms with Crippen molar-refractivity contribution in [2.24, 2.45) is 17.4 Å². The van der Waals surface area contributed by atoms with Crippen molar-refractivity contribution < 1.29 is 29.1 Å². The Kier molecular flexibility index (Phi) is 11.2. The second kappa shape index (κ2) is 14.8. The number of benzene rings is 2. The number of primary amides is 1. The van der Waals surface area contributed by atoms with Gasteiger partial charge in [-0.05, 0) is 29.5 Å². The van der Waals surface area contributed by atoms with E-state index in [9.17, 15) is 29.1 Å². The molecule has 0 spiro atoms. The number of aromatic amines is 1. The number of carboxylic acids is 1. The van der Waals surface area contributed by atoms with Crippen molar-refractivity contribution in [1.29, 1.82) is 0 Å². The standard InChI is InChI=1S/C30H38N6O6/c1-3-17(2)26(30(41)42)36-29(40)24(15-25(32)37)35-28(39)23(14-19-16-33-22-12-8-7-11-20(19)22)34-27(38)21(31)13-18-9-5-4-6-10-18/h4-12,16-17,21,23-24,26,33H,3,13-15,31H2,1-2H3,(H2,32,37)(H,34,38)(H,35,39)(H,36,40)(H,41,42). The molecule has 42 heavy (non-hydrogen) atoms. The van der Waals surface area contributed by atoms with E-state index in [0.717, 1.165) is 22.0 Å². The van der Waals surface area contributed by atoms with Crippen molar-refractivity contribution in [3.8, 4) is 0 Å². The highest BCUT2D eigenvalue weighted by molar-refractivity contribution is 5.96. The number of carboxylic acid groups (broad SMARTS) is 1. The fourth-order valence-electron chi connectivity index (χ4n) is 4.59. The molecule has 0 aliphatic heterocycles. The fraction of sp³-hybridized carbons (Fsp3) is 0.367. The summed E-state index contributed by atoms with van der Waals surface area (Å²) in [6.45, 7) is 3.43. The van der Waals surface area contributed by atoms with Crippen LogP contribution in [0.2, 0.25) is 0 Å². The van der Waals surface area contributed by atoms with Crippen molar-refractivity contribution in [2.45, 2.75) is 63.7 Å². The highest BCUT2D eigenvalue weighted by Gasteiger charge is 2.33. The van der Waals surface area contributed by atoms with Gasteiger partial charge in [-0.2, -0.15) is 0 Å². The lowest BCUT2D eigenvalue weighted by Gasteiger charge is -2.26. The maximum absolute atomic E-state index is 13.6. The van der Waals surface area contributed by atoms with Gasteiger partial charge in [0.1, 0.15) is 18.1 Å². The van der Waals surface area contributed by atoms with Crippen LogP contribution in [0.5, 0.6) is 0 Å². The first-order chi connectivity index (χ1) is 20.0. The lowest BCUT2D eigenvalue weighted by Crippen LogP contribution is -2.58. The summed E-state index contributed by atoms with van der Waals surface area (Å²) >= 11 is 0. The summed E-state index contributed by atoms with van der Waals surface area (Å²) in [5.74, 6) is -4.79. The molecule has 0 saturated heterocycles. The number of amides is 4. The van der Waals surface area contributed by atoms with E-state index in [1.807, 2.05) is 54.6 Å². The first-order valence-corrected chi connectivity index (χ1v) is 13.8. The van der Waals surface area contributed by atoms with Gasteiger partial charge in [-0.15, -0.1) is 0 Å². The van der Waals surface area contributed by atoms with Gasteiger partial charge in [0.15, 0.2) is 0 Å². The van der Waals surface area contributed by atoms with E-state index >= 15 is 0 Å². The minimum atomic E-state index is -1.47. The molecular weight excluding hydrogens is 540 g/mol. The van der Waals surface area contributed by atoms with Gasteiger partial charge in [0, 0.05) is 23.5 Å². The molecule has 0 aliphatic rings. The molecule has 9 N–H and O–H groups in total. The van der Waals surface area contributed by atoms with Crippen molar-refractivity contribution in [3.05, 3.63) is 71.9 Å². The quantitative estimate of drug-likeness (QED) is 0.137. The first-order valence-electron chi connectivity index (χ1n) is 13.8. The summed E-state index contributed by atoms with van der Waals surface area (Å²) < 4.78 is 0. The average Bonchev–Trinajstić information content (AvgIpc) is 3.37. The number of carbonyl (C=O) groups excluding carboxylic acids is 4. The monoisotopic (exact) mass is 578 g/mol. The number of nitrogens with two attached hydrogens (primary N) is 2. The van der Waals surface area contributed by atoms with Gasteiger partial charge >= 0.3 is 5.97 Å². The van der Waals surface area contributed by atoms with E-state index in [1.54, 1.807) is 20.0 Å². The molecule has 4 amide bonds. The van der Waals surface area contributed by atoms with E-state index in [-0.39, 0.29) is 12.8 Å². The predicted molar refractivity (Wildman–Crippen MR) is 157 cm³/mol. The highest BCUT2D eigenvalue weighted by atomic mass is 16.4. The van der Waals surface area contributed by atoms with E-state index in [4.69, 9.17) is 11.5 Å². The number of nitrogens with one attached hydrogen (secondary N) is 4. The fourth-order valence-corrected chi connectivity index (χ4v) is 4.59. The maximum atomic E-state index is 13.6. The minimum absolute atomic E-state index is 0.0369. The lowest BCUT2D eigenvalue weighted by molar-refractivity contribution is -0.144. The number of aromatic nitrogens is 1. The van der Waals surface area contributed by atoms with E-state index in [0.29, 0.717) is 6.42 Å². The number of H-pyrrole nitrogens is 1.